The second-order valence-corrected chi connectivity index (χ2v) is 9.78. The molecule has 0 amide bonds. The van der Waals surface area contributed by atoms with E-state index in [1.807, 2.05) is 61.5 Å². The summed E-state index contributed by atoms with van der Waals surface area (Å²) in [5.41, 5.74) is 2.63. The number of rotatable bonds is 5. The quantitative estimate of drug-likeness (QED) is 0.471. The number of aromatic nitrogens is 4. The molecule has 2 aromatic carbocycles. The van der Waals surface area contributed by atoms with E-state index in [9.17, 15) is 8.76 Å². The van der Waals surface area contributed by atoms with Crippen molar-refractivity contribution >= 4 is 21.9 Å². The number of benzene rings is 2. The SMILES string of the molecule is Cc1ccc([S+](=O)([O-])NC2CCCN(c3ccc4nnc(-c5ccccc5)n4n3)C2)cc1. The molecular formula is C23H24N6O2S. The number of fused-ring (bicyclic) bond motifs is 1. The minimum atomic E-state index is -3.57. The van der Waals surface area contributed by atoms with E-state index >= 15 is 0 Å². The summed E-state index contributed by atoms with van der Waals surface area (Å²) >= 11 is 0. The first-order chi connectivity index (χ1) is 15.5. The largest absolute Gasteiger partial charge is 0.593 e. The van der Waals surface area contributed by atoms with Crippen LogP contribution in [0.5, 0.6) is 0 Å². The van der Waals surface area contributed by atoms with Crippen molar-refractivity contribution in [3.05, 3.63) is 72.3 Å². The van der Waals surface area contributed by atoms with E-state index in [-0.39, 0.29) is 10.9 Å². The van der Waals surface area contributed by atoms with Crippen LogP contribution in [0.4, 0.5) is 5.82 Å². The summed E-state index contributed by atoms with van der Waals surface area (Å²) < 4.78 is 30.3. The molecule has 0 bridgehead atoms. The van der Waals surface area contributed by atoms with Crippen LogP contribution in [0.1, 0.15) is 18.4 Å². The molecule has 8 nitrogen and oxygen atoms in total. The summed E-state index contributed by atoms with van der Waals surface area (Å²) in [4.78, 5) is 2.40. The Bertz CT molecular complexity index is 1270. The molecule has 1 aliphatic rings. The molecule has 0 radical (unpaired) electrons. The van der Waals surface area contributed by atoms with Crippen molar-refractivity contribution in [2.45, 2.75) is 30.7 Å². The number of hydrogen-bond donors (Lipinski definition) is 1. The fraction of sp³-hybridized carbons (Fsp3) is 0.261. The van der Waals surface area contributed by atoms with Crippen LogP contribution in [-0.4, -0.2) is 43.5 Å². The zero-order chi connectivity index (χ0) is 22.1. The number of aryl methyl sites for hydroxylation is 1. The van der Waals surface area contributed by atoms with E-state index in [0.29, 0.717) is 18.0 Å². The predicted octanol–water partition coefficient (Wildman–Crippen LogP) is 3.26. The molecule has 2 atom stereocenters. The maximum Gasteiger partial charge on any atom is 0.185 e. The van der Waals surface area contributed by atoms with Crippen LogP contribution in [0.25, 0.3) is 17.0 Å². The summed E-state index contributed by atoms with van der Waals surface area (Å²) in [6.07, 6.45) is 1.65. The highest BCUT2D eigenvalue weighted by molar-refractivity contribution is 7.95. The molecular weight excluding hydrogens is 424 g/mol. The van der Waals surface area contributed by atoms with Gasteiger partial charge in [0, 0.05) is 18.7 Å². The van der Waals surface area contributed by atoms with E-state index in [4.69, 9.17) is 5.10 Å². The Kier molecular flexibility index (Phi) is 5.46. The third-order valence-electron chi connectivity index (χ3n) is 5.68. The highest BCUT2D eigenvalue weighted by atomic mass is 32.3. The summed E-state index contributed by atoms with van der Waals surface area (Å²) in [6.45, 7) is 3.29. The molecule has 9 heteroatoms. The van der Waals surface area contributed by atoms with Crippen molar-refractivity contribution in [1.82, 2.24) is 24.5 Å². The van der Waals surface area contributed by atoms with Crippen molar-refractivity contribution in [2.75, 3.05) is 18.0 Å². The highest BCUT2D eigenvalue weighted by Gasteiger charge is 2.29. The lowest BCUT2D eigenvalue weighted by atomic mass is 10.1. The van der Waals surface area contributed by atoms with Crippen LogP contribution >= 0.6 is 0 Å². The fourth-order valence-electron chi connectivity index (χ4n) is 4.00. The van der Waals surface area contributed by atoms with E-state index in [1.54, 1.807) is 16.6 Å². The average molecular weight is 449 g/mol. The Hall–Kier alpha value is -3.14. The number of sulfonamides is 1. The van der Waals surface area contributed by atoms with Gasteiger partial charge in [0.15, 0.2) is 26.8 Å². The lowest BCUT2D eigenvalue weighted by Gasteiger charge is -2.34. The molecule has 5 rings (SSSR count). The molecule has 0 aliphatic carbocycles. The topological polar surface area (TPSA) is 98.5 Å². The van der Waals surface area contributed by atoms with Gasteiger partial charge in [-0.05, 0) is 44.0 Å². The number of piperidine rings is 1. The zero-order valence-electron chi connectivity index (χ0n) is 17.7. The van der Waals surface area contributed by atoms with Crippen LogP contribution in [-0.2, 0) is 14.6 Å². The molecule has 164 valence electrons. The van der Waals surface area contributed by atoms with E-state index < -0.39 is 10.4 Å². The van der Waals surface area contributed by atoms with Gasteiger partial charge in [0.1, 0.15) is 5.82 Å². The van der Waals surface area contributed by atoms with Gasteiger partial charge in [-0.2, -0.15) is 4.52 Å². The van der Waals surface area contributed by atoms with Gasteiger partial charge in [-0.1, -0.05) is 52.2 Å². The molecule has 3 heterocycles. The molecule has 4 aromatic rings. The van der Waals surface area contributed by atoms with Crippen LogP contribution in [0.15, 0.2) is 71.6 Å². The second kappa shape index (κ2) is 8.42. The molecule has 1 N–H and O–H groups in total. The van der Waals surface area contributed by atoms with Gasteiger partial charge >= 0.3 is 0 Å². The predicted molar refractivity (Wildman–Crippen MR) is 123 cm³/mol. The van der Waals surface area contributed by atoms with Crippen LogP contribution in [0.2, 0.25) is 0 Å². The van der Waals surface area contributed by atoms with Gasteiger partial charge in [-0.15, -0.1) is 20.0 Å². The summed E-state index contributed by atoms with van der Waals surface area (Å²) in [5.74, 6) is 1.45. The maximum atomic E-state index is 12.8. The minimum absolute atomic E-state index is 0.193. The lowest BCUT2D eigenvalue weighted by Crippen LogP contribution is -2.49. The number of nitrogens with zero attached hydrogens (tertiary/aromatic N) is 5. The third kappa shape index (κ3) is 4.14. The maximum absolute atomic E-state index is 12.8. The summed E-state index contributed by atoms with van der Waals surface area (Å²) in [6, 6.07) is 20.3. The standard InChI is InChI=1S/C23H24N6O2S/c1-17-9-11-20(12-10-17)32(30,31)27-19-8-5-15-28(16-19)22-14-13-21-24-25-23(29(21)26-22)18-6-3-2-4-7-18/h2-4,6-7,9-14,19H,5,8,15-16H2,1H3,(H-,27,30,31). The smallest absolute Gasteiger partial charge is 0.185 e. The van der Waals surface area contributed by atoms with E-state index in [2.05, 4.69) is 19.8 Å². The first kappa shape index (κ1) is 20.7. The molecule has 2 aromatic heterocycles. The number of anilines is 1. The lowest BCUT2D eigenvalue weighted by molar-refractivity contribution is 0.421. The normalized spacial score (nSPS) is 18.6. The van der Waals surface area contributed by atoms with Crippen molar-refractivity contribution in [3.63, 3.8) is 0 Å². The highest BCUT2D eigenvalue weighted by Crippen LogP contribution is 2.23. The van der Waals surface area contributed by atoms with Gasteiger partial charge < -0.3 is 9.45 Å². The first-order valence-electron chi connectivity index (χ1n) is 10.6. The monoisotopic (exact) mass is 448 g/mol. The van der Waals surface area contributed by atoms with Crippen LogP contribution in [0.3, 0.4) is 0 Å². The zero-order valence-corrected chi connectivity index (χ0v) is 18.5. The second-order valence-electron chi connectivity index (χ2n) is 8.07. The molecule has 1 saturated heterocycles. The Morgan fingerprint density at radius 3 is 2.59 bits per heavy atom. The van der Waals surface area contributed by atoms with Crippen LogP contribution in [0, 0.1) is 6.92 Å². The molecule has 1 fully saturated rings. The average Bonchev–Trinajstić information content (AvgIpc) is 3.23. The third-order valence-corrected chi connectivity index (χ3v) is 7.22. The van der Waals surface area contributed by atoms with Gasteiger partial charge in [-0.25, -0.2) is 0 Å². The van der Waals surface area contributed by atoms with Crippen molar-refractivity contribution < 1.29 is 8.76 Å². The van der Waals surface area contributed by atoms with E-state index in [1.165, 1.54) is 0 Å². The Morgan fingerprint density at radius 1 is 1.03 bits per heavy atom. The van der Waals surface area contributed by atoms with Gasteiger partial charge in [-0.3, -0.25) is 0 Å². The van der Waals surface area contributed by atoms with Crippen molar-refractivity contribution in [3.8, 4) is 11.4 Å². The fourth-order valence-corrected chi connectivity index (χ4v) is 5.26. The molecule has 0 spiro atoms. The van der Waals surface area contributed by atoms with Crippen LogP contribution < -0.4 is 9.62 Å². The summed E-state index contributed by atoms with van der Waals surface area (Å²) in [5, 5.41) is 13.3. The summed E-state index contributed by atoms with van der Waals surface area (Å²) in [7, 11) is -3.57. The van der Waals surface area contributed by atoms with Crippen molar-refractivity contribution in [2.24, 2.45) is 0 Å². The number of nitrogens with one attached hydrogen (secondary N) is 1. The molecule has 2 unspecified atom stereocenters. The van der Waals surface area contributed by atoms with Gasteiger partial charge in [0.25, 0.3) is 0 Å². The molecule has 1 aliphatic heterocycles. The van der Waals surface area contributed by atoms with E-state index in [0.717, 1.165) is 36.3 Å². The van der Waals surface area contributed by atoms with Gasteiger partial charge in [0.2, 0.25) is 0 Å². The van der Waals surface area contributed by atoms with Crippen molar-refractivity contribution in [1.29, 1.82) is 0 Å². The van der Waals surface area contributed by atoms with Gasteiger partial charge in [0.05, 0.1) is 6.04 Å². The Balaban J connectivity index is 1.37. The number of hydrogen-bond acceptors (Lipinski definition) is 6. The Labute approximate surface area is 187 Å². The Morgan fingerprint density at radius 2 is 1.81 bits per heavy atom. The molecule has 0 saturated carbocycles. The minimum Gasteiger partial charge on any atom is -0.593 e. The first-order valence-corrected chi connectivity index (χ1v) is 12.1. The molecule has 32 heavy (non-hydrogen) atoms.